The molecule has 0 radical (unpaired) electrons. The first-order valence-corrected chi connectivity index (χ1v) is 7.44. The molecule has 2 heterocycles. The van der Waals surface area contributed by atoms with E-state index < -0.39 is 0 Å². The monoisotopic (exact) mass is 331 g/mol. The third kappa shape index (κ3) is 2.32. The van der Waals surface area contributed by atoms with Gasteiger partial charge in [-0.1, -0.05) is 15.9 Å². The van der Waals surface area contributed by atoms with Gasteiger partial charge in [0, 0.05) is 34.7 Å². The molecule has 0 bridgehead atoms. The summed E-state index contributed by atoms with van der Waals surface area (Å²) in [5.74, 6) is 0.131. The van der Waals surface area contributed by atoms with Gasteiger partial charge >= 0.3 is 0 Å². The molecular formula is C15H14BrN3O. The molecule has 0 aliphatic carbocycles. The van der Waals surface area contributed by atoms with E-state index in [1.54, 1.807) is 6.20 Å². The highest BCUT2D eigenvalue weighted by Gasteiger charge is 2.19. The van der Waals surface area contributed by atoms with Crippen molar-refractivity contribution < 1.29 is 4.79 Å². The van der Waals surface area contributed by atoms with Gasteiger partial charge in [0.2, 0.25) is 5.91 Å². The topological polar surface area (TPSA) is 49.0 Å². The molecule has 0 atom stereocenters. The van der Waals surface area contributed by atoms with Crippen LogP contribution in [-0.4, -0.2) is 28.5 Å². The normalized spacial score (nSPS) is 14.7. The maximum atomic E-state index is 12.2. The van der Waals surface area contributed by atoms with Crippen LogP contribution >= 0.6 is 15.9 Å². The number of rotatable bonds is 2. The fourth-order valence-electron chi connectivity index (χ4n) is 2.70. The molecule has 1 aromatic heterocycles. The van der Waals surface area contributed by atoms with E-state index in [4.69, 9.17) is 0 Å². The number of benzene rings is 1. The minimum Gasteiger partial charge on any atom is -0.341 e. The smallest absolute Gasteiger partial charge is 0.242 e. The van der Waals surface area contributed by atoms with E-state index in [1.165, 1.54) is 0 Å². The van der Waals surface area contributed by atoms with E-state index in [0.29, 0.717) is 12.1 Å². The first-order chi connectivity index (χ1) is 9.69. The van der Waals surface area contributed by atoms with Gasteiger partial charge in [-0.05, 0) is 31.0 Å². The van der Waals surface area contributed by atoms with E-state index >= 15 is 0 Å². The Morgan fingerprint density at radius 3 is 2.80 bits per heavy atom. The van der Waals surface area contributed by atoms with Crippen molar-refractivity contribution >= 4 is 32.7 Å². The Labute approximate surface area is 125 Å². The number of amides is 1. The SMILES string of the molecule is N#Cc1cn(CC(=O)N2CCCC2)c2ccc(Br)cc12. The van der Waals surface area contributed by atoms with Gasteiger partial charge in [-0.2, -0.15) is 5.26 Å². The summed E-state index contributed by atoms with van der Waals surface area (Å²) in [4.78, 5) is 14.1. The van der Waals surface area contributed by atoms with Gasteiger partial charge in [0.15, 0.2) is 0 Å². The Hall–Kier alpha value is -1.80. The van der Waals surface area contributed by atoms with Gasteiger partial charge in [0.1, 0.15) is 12.6 Å². The average Bonchev–Trinajstić information content (AvgIpc) is 3.06. The number of hydrogen-bond donors (Lipinski definition) is 0. The minimum atomic E-state index is 0.131. The first kappa shape index (κ1) is 13.2. The van der Waals surface area contributed by atoms with Crippen molar-refractivity contribution in [2.24, 2.45) is 0 Å². The van der Waals surface area contributed by atoms with Gasteiger partial charge in [0.05, 0.1) is 5.56 Å². The first-order valence-electron chi connectivity index (χ1n) is 6.65. The predicted molar refractivity (Wildman–Crippen MR) is 80.2 cm³/mol. The third-order valence-electron chi connectivity index (χ3n) is 3.73. The molecule has 20 heavy (non-hydrogen) atoms. The van der Waals surface area contributed by atoms with Crippen LogP contribution in [0.1, 0.15) is 18.4 Å². The van der Waals surface area contributed by atoms with Crippen molar-refractivity contribution in [2.45, 2.75) is 19.4 Å². The molecule has 4 nitrogen and oxygen atoms in total. The summed E-state index contributed by atoms with van der Waals surface area (Å²) in [5.41, 5.74) is 1.54. The Kier molecular flexibility index (Phi) is 3.49. The van der Waals surface area contributed by atoms with Crippen molar-refractivity contribution in [3.05, 3.63) is 34.4 Å². The van der Waals surface area contributed by atoms with Crippen molar-refractivity contribution in [2.75, 3.05) is 13.1 Å². The highest BCUT2D eigenvalue weighted by molar-refractivity contribution is 9.10. The van der Waals surface area contributed by atoms with Crippen molar-refractivity contribution in [3.63, 3.8) is 0 Å². The third-order valence-corrected chi connectivity index (χ3v) is 4.22. The molecule has 5 heteroatoms. The molecule has 1 aliphatic heterocycles. The molecule has 0 saturated carbocycles. The molecule has 3 rings (SSSR count). The summed E-state index contributed by atoms with van der Waals surface area (Å²) < 4.78 is 2.81. The maximum Gasteiger partial charge on any atom is 0.242 e. The molecule has 0 N–H and O–H groups in total. The Morgan fingerprint density at radius 1 is 1.35 bits per heavy atom. The van der Waals surface area contributed by atoms with Crippen LogP contribution in [-0.2, 0) is 11.3 Å². The molecule has 2 aromatic rings. The van der Waals surface area contributed by atoms with Crippen LogP contribution in [0.2, 0.25) is 0 Å². The summed E-state index contributed by atoms with van der Waals surface area (Å²) in [5, 5.41) is 10.1. The molecule has 1 amide bonds. The second-order valence-corrected chi connectivity index (χ2v) is 5.95. The van der Waals surface area contributed by atoms with Gasteiger partial charge in [-0.3, -0.25) is 4.79 Å². The second-order valence-electron chi connectivity index (χ2n) is 5.03. The highest BCUT2D eigenvalue weighted by atomic mass is 79.9. The van der Waals surface area contributed by atoms with Crippen molar-refractivity contribution in [3.8, 4) is 6.07 Å². The lowest BCUT2D eigenvalue weighted by molar-refractivity contribution is -0.130. The van der Waals surface area contributed by atoms with Gasteiger partial charge in [0.25, 0.3) is 0 Å². The summed E-state index contributed by atoms with van der Waals surface area (Å²) in [7, 11) is 0. The number of fused-ring (bicyclic) bond motifs is 1. The predicted octanol–water partition coefficient (Wildman–Crippen LogP) is 2.90. The molecule has 1 saturated heterocycles. The number of aromatic nitrogens is 1. The quantitative estimate of drug-likeness (QED) is 0.849. The summed E-state index contributed by atoms with van der Waals surface area (Å²) in [6.07, 6.45) is 3.95. The van der Waals surface area contributed by atoms with Crippen molar-refractivity contribution in [1.29, 1.82) is 5.26 Å². The Morgan fingerprint density at radius 2 is 2.10 bits per heavy atom. The number of nitriles is 1. The number of halogens is 1. The number of likely N-dealkylation sites (tertiary alicyclic amines) is 1. The molecule has 1 aliphatic rings. The van der Waals surface area contributed by atoms with Gasteiger partial charge in [-0.25, -0.2) is 0 Å². The molecule has 0 unspecified atom stereocenters. The minimum absolute atomic E-state index is 0.131. The molecule has 102 valence electrons. The number of carbonyl (C=O) groups is 1. The number of nitrogens with zero attached hydrogens (tertiary/aromatic N) is 3. The summed E-state index contributed by atoms with van der Waals surface area (Å²) >= 11 is 3.42. The van der Waals surface area contributed by atoms with Crippen LogP contribution in [0.5, 0.6) is 0 Å². The van der Waals surface area contributed by atoms with E-state index in [0.717, 1.165) is 41.3 Å². The van der Waals surface area contributed by atoms with Crippen LogP contribution in [0, 0.1) is 11.3 Å². The van der Waals surface area contributed by atoms with E-state index in [2.05, 4.69) is 22.0 Å². The second kappa shape index (κ2) is 5.29. The lowest BCUT2D eigenvalue weighted by Crippen LogP contribution is -2.30. The lowest BCUT2D eigenvalue weighted by Gasteiger charge is -2.15. The van der Waals surface area contributed by atoms with E-state index in [1.807, 2.05) is 27.7 Å². The maximum absolute atomic E-state index is 12.2. The van der Waals surface area contributed by atoms with E-state index in [9.17, 15) is 10.1 Å². The van der Waals surface area contributed by atoms with Crippen LogP contribution in [0.4, 0.5) is 0 Å². The fraction of sp³-hybridized carbons (Fsp3) is 0.333. The Balaban J connectivity index is 1.95. The van der Waals surface area contributed by atoms with E-state index in [-0.39, 0.29) is 5.91 Å². The largest absolute Gasteiger partial charge is 0.341 e. The molecule has 1 aromatic carbocycles. The average molecular weight is 332 g/mol. The van der Waals surface area contributed by atoms with Crippen molar-refractivity contribution in [1.82, 2.24) is 9.47 Å². The standard InChI is InChI=1S/C15H14BrN3O/c16-12-3-4-14-13(7-12)11(8-17)9-19(14)10-15(20)18-5-1-2-6-18/h3-4,7,9H,1-2,5-6,10H2. The van der Waals surface area contributed by atoms with Crippen LogP contribution in [0.15, 0.2) is 28.9 Å². The highest BCUT2D eigenvalue weighted by Crippen LogP contribution is 2.25. The number of carbonyl (C=O) groups excluding carboxylic acids is 1. The fourth-order valence-corrected chi connectivity index (χ4v) is 3.06. The van der Waals surface area contributed by atoms with Crippen LogP contribution in [0.3, 0.4) is 0 Å². The van der Waals surface area contributed by atoms with Gasteiger partial charge in [-0.15, -0.1) is 0 Å². The zero-order chi connectivity index (χ0) is 14.1. The molecular weight excluding hydrogens is 318 g/mol. The summed E-state index contributed by atoms with van der Waals surface area (Å²) in [6.45, 7) is 2.02. The molecule has 1 fully saturated rings. The van der Waals surface area contributed by atoms with Gasteiger partial charge < -0.3 is 9.47 Å². The number of hydrogen-bond acceptors (Lipinski definition) is 2. The summed E-state index contributed by atoms with van der Waals surface area (Å²) in [6, 6.07) is 7.99. The zero-order valence-electron chi connectivity index (χ0n) is 11.0. The zero-order valence-corrected chi connectivity index (χ0v) is 12.6. The Bertz CT molecular complexity index is 708. The van der Waals surface area contributed by atoms with Crippen LogP contribution in [0.25, 0.3) is 10.9 Å². The lowest BCUT2D eigenvalue weighted by atomic mass is 10.2. The van der Waals surface area contributed by atoms with Crippen LogP contribution < -0.4 is 0 Å². The molecule has 0 spiro atoms.